The number of benzene rings is 1. The molecule has 1 aromatic carbocycles. The van der Waals surface area contributed by atoms with Gasteiger partial charge in [-0.05, 0) is 36.3 Å². The summed E-state index contributed by atoms with van der Waals surface area (Å²) in [6.45, 7) is 2.90. The molecule has 1 nitrogen and oxygen atoms in total. The molecule has 1 fully saturated rings. The highest BCUT2D eigenvalue weighted by Crippen LogP contribution is 2.30. The highest BCUT2D eigenvalue weighted by atomic mass is 14.5. The third-order valence-electron chi connectivity index (χ3n) is 4.11. The van der Waals surface area contributed by atoms with Crippen LogP contribution in [0.5, 0.6) is 0 Å². The zero-order valence-corrected chi connectivity index (χ0v) is 11.5. The van der Waals surface area contributed by atoms with E-state index >= 15 is 0 Å². The fraction of sp³-hybridized carbons (Fsp3) is 0.529. The van der Waals surface area contributed by atoms with E-state index in [9.17, 15) is 0 Å². The molecule has 0 heterocycles. The SMILES string of the molecule is CCc1ccc(C=C(CN)C2CCCCC2)cc1. The van der Waals surface area contributed by atoms with Crippen LogP contribution in [0.25, 0.3) is 6.08 Å². The Morgan fingerprint density at radius 2 is 1.83 bits per heavy atom. The van der Waals surface area contributed by atoms with Crippen LogP contribution < -0.4 is 5.73 Å². The summed E-state index contributed by atoms with van der Waals surface area (Å²) in [6, 6.07) is 8.89. The van der Waals surface area contributed by atoms with Crippen LogP contribution in [0.3, 0.4) is 0 Å². The van der Waals surface area contributed by atoms with E-state index in [0.29, 0.717) is 6.54 Å². The average molecular weight is 243 g/mol. The maximum Gasteiger partial charge on any atom is 0.0142 e. The third-order valence-corrected chi connectivity index (χ3v) is 4.11. The molecule has 1 aromatic rings. The van der Waals surface area contributed by atoms with Crippen molar-refractivity contribution in [1.29, 1.82) is 0 Å². The lowest BCUT2D eigenvalue weighted by atomic mass is 9.83. The number of rotatable bonds is 4. The third kappa shape index (κ3) is 3.46. The highest BCUT2D eigenvalue weighted by molar-refractivity contribution is 5.54. The van der Waals surface area contributed by atoms with Gasteiger partial charge in [0, 0.05) is 6.54 Å². The Kier molecular flexibility index (Phi) is 5.00. The average Bonchev–Trinajstić information content (AvgIpc) is 2.46. The van der Waals surface area contributed by atoms with Crippen LogP contribution in [-0.4, -0.2) is 6.54 Å². The molecule has 2 N–H and O–H groups in total. The van der Waals surface area contributed by atoms with E-state index in [-0.39, 0.29) is 0 Å². The molecule has 2 rings (SSSR count). The molecule has 18 heavy (non-hydrogen) atoms. The van der Waals surface area contributed by atoms with Gasteiger partial charge in [0.2, 0.25) is 0 Å². The minimum absolute atomic E-state index is 0.709. The number of aryl methyl sites for hydroxylation is 1. The van der Waals surface area contributed by atoms with Gasteiger partial charge in [-0.25, -0.2) is 0 Å². The first-order chi connectivity index (χ1) is 8.83. The van der Waals surface area contributed by atoms with Crippen molar-refractivity contribution in [2.24, 2.45) is 11.7 Å². The number of nitrogens with two attached hydrogens (primary N) is 1. The van der Waals surface area contributed by atoms with Crippen molar-refractivity contribution in [2.75, 3.05) is 6.54 Å². The lowest BCUT2D eigenvalue weighted by Crippen LogP contribution is -2.16. The van der Waals surface area contributed by atoms with Gasteiger partial charge < -0.3 is 5.73 Å². The second-order valence-electron chi connectivity index (χ2n) is 5.35. The lowest BCUT2D eigenvalue weighted by molar-refractivity contribution is 0.401. The van der Waals surface area contributed by atoms with Crippen LogP contribution in [0, 0.1) is 5.92 Å². The minimum atomic E-state index is 0.709. The number of hydrogen-bond acceptors (Lipinski definition) is 1. The van der Waals surface area contributed by atoms with Crippen LogP contribution in [0.1, 0.15) is 50.2 Å². The topological polar surface area (TPSA) is 26.0 Å². The molecule has 0 aliphatic heterocycles. The molecule has 0 unspecified atom stereocenters. The molecule has 0 saturated heterocycles. The van der Waals surface area contributed by atoms with Gasteiger partial charge in [-0.3, -0.25) is 0 Å². The van der Waals surface area contributed by atoms with E-state index in [1.54, 1.807) is 0 Å². The monoisotopic (exact) mass is 243 g/mol. The Bertz CT molecular complexity index is 383. The molecule has 98 valence electrons. The van der Waals surface area contributed by atoms with Crippen LogP contribution in [0.2, 0.25) is 0 Å². The summed E-state index contributed by atoms with van der Waals surface area (Å²) in [5, 5.41) is 0. The summed E-state index contributed by atoms with van der Waals surface area (Å²) >= 11 is 0. The van der Waals surface area contributed by atoms with Gasteiger partial charge in [0.05, 0.1) is 0 Å². The normalized spacial score (nSPS) is 18.0. The van der Waals surface area contributed by atoms with E-state index in [1.165, 1.54) is 48.8 Å². The quantitative estimate of drug-likeness (QED) is 0.844. The zero-order chi connectivity index (χ0) is 12.8. The van der Waals surface area contributed by atoms with Gasteiger partial charge in [0.1, 0.15) is 0 Å². The van der Waals surface area contributed by atoms with E-state index < -0.39 is 0 Å². The second-order valence-corrected chi connectivity index (χ2v) is 5.35. The first-order valence-electron chi connectivity index (χ1n) is 7.33. The Morgan fingerprint density at radius 1 is 1.17 bits per heavy atom. The standard InChI is InChI=1S/C17H25N/c1-2-14-8-10-15(11-9-14)12-17(13-18)16-6-4-3-5-7-16/h8-12,16H,2-7,13,18H2,1H3. The molecular weight excluding hydrogens is 218 g/mol. The molecule has 1 heteroatoms. The first-order valence-corrected chi connectivity index (χ1v) is 7.33. The highest BCUT2D eigenvalue weighted by Gasteiger charge is 2.16. The predicted octanol–water partition coefficient (Wildman–Crippen LogP) is 4.17. The Balaban J connectivity index is 2.11. The first kappa shape index (κ1) is 13.4. The van der Waals surface area contributed by atoms with Gasteiger partial charge in [0.25, 0.3) is 0 Å². The summed E-state index contributed by atoms with van der Waals surface area (Å²) in [6.07, 6.45) is 10.2. The van der Waals surface area contributed by atoms with Crippen molar-refractivity contribution in [2.45, 2.75) is 45.4 Å². The molecule has 0 radical (unpaired) electrons. The van der Waals surface area contributed by atoms with Crippen molar-refractivity contribution < 1.29 is 0 Å². The maximum atomic E-state index is 5.94. The van der Waals surface area contributed by atoms with Crippen molar-refractivity contribution in [3.63, 3.8) is 0 Å². The van der Waals surface area contributed by atoms with Gasteiger partial charge in [0.15, 0.2) is 0 Å². The summed E-state index contributed by atoms with van der Waals surface area (Å²) < 4.78 is 0. The van der Waals surface area contributed by atoms with Gasteiger partial charge >= 0.3 is 0 Å². The molecule has 0 aromatic heterocycles. The molecular formula is C17H25N. The summed E-state index contributed by atoms with van der Waals surface area (Å²) in [4.78, 5) is 0. The minimum Gasteiger partial charge on any atom is -0.327 e. The maximum absolute atomic E-state index is 5.94. The molecule has 0 amide bonds. The largest absolute Gasteiger partial charge is 0.327 e. The zero-order valence-electron chi connectivity index (χ0n) is 11.5. The molecule has 1 aliphatic carbocycles. The van der Waals surface area contributed by atoms with Crippen molar-refractivity contribution in [3.05, 3.63) is 41.0 Å². The Morgan fingerprint density at radius 3 is 2.39 bits per heavy atom. The lowest BCUT2D eigenvalue weighted by Gasteiger charge is -2.24. The van der Waals surface area contributed by atoms with Crippen molar-refractivity contribution in [3.8, 4) is 0 Å². The molecule has 0 bridgehead atoms. The Labute approximate surface area is 111 Å². The Hall–Kier alpha value is -1.08. The summed E-state index contributed by atoms with van der Waals surface area (Å²) in [7, 11) is 0. The van der Waals surface area contributed by atoms with Crippen LogP contribution in [0.15, 0.2) is 29.8 Å². The summed E-state index contributed by atoms with van der Waals surface area (Å²) in [5.74, 6) is 0.731. The number of hydrogen-bond donors (Lipinski definition) is 1. The van der Waals surface area contributed by atoms with Crippen LogP contribution in [0.4, 0.5) is 0 Å². The molecule has 0 atom stereocenters. The van der Waals surface area contributed by atoms with Gasteiger partial charge in [-0.15, -0.1) is 0 Å². The van der Waals surface area contributed by atoms with E-state index in [1.807, 2.05) is 0 Å². The molecule has 0 spiro atoms. The van der Waals surface area contributed by atoms with Crippen LogP contribution in [-0.2, 0) is 6.42 Å². The molecule has 1 saturated carbocycles. The second kappa shape index (κ2) is 6.75. The van der Waals surface area contributed by atoms with Crippen molar-refractivity contribution in [1.82, 2.24) is 0 Å². The van der Waals surface area contributed by atoms with Crippen molar-refractivity contribution >= 4 is 6.08 Å². The smallest absolute Gasteiger partial charge is 0.0142 e. The fourth-order valence-corrected chi connectivity index (χ4v) is 2.88. The fourth-order valence-electron chi connectivity index (χ4n) is 2.88. The molecule has 1 aliphatic rings. The summed E-state index contributed by atoms with van der Waals surface area (Å²) in [5.41, 5.74) is 10.1. The van der Waals surface area contributed by atoms with Gasteiger partial charge in [-0.2, -0.15) is 0 Å². The van der Waals surface area contributed by atoms with E-state index in [0.717, 1.165) is 12.3 Å². The van der Waals surface area contributed by atoms with Gasteiger partial charge in [-0.1, -0.05) is 62.1 Å². The van der Waals surface area contributed by atoms with E-state index in [2.05, 4.69) is 37.3 Å². The van der Waals surface area contributed by atoms with Crippen LogP contribution >= 0.6 is 0 Å². The van der Waals surface area contributed by atoms with E-state index in [4.69, 9.17) is 5.73 Å². The predicted molar refractivity (Wildman–Crippen MR) is 79.4 cm³/mol.